The molecule has 1 aromatic carbocycles. The second-order valence-electron chi connectivity index (χ2n) is 6.44. The number of hydrogen-bond donors (Lipinski definition) is 1. The van der Waals surface area contributed by atoms with Crippen LogP contribution in [0.4, 0.5) is 0 Å². The van der Waals surface area contributed by atoms with Crippen molar-refractivity contribution in [2.75, 3.05) is 19.8 Å². The van der Waals surface area contributed by atoms with Crippen molar-refractivity contribution in [3.05, 3.63) is 17.7 Å². The van der Waals surface area contributed by atoms with Crippen LogP contribution in [0.3, 0.4) is 0 Å². The summed E-state index contributed by atoms with van der Waals surface area (Å²) in [7, 11) is 0. The second kappa shape index (κ2) is 9.54. The van der Waals surface area contributed by atoms with Gasteiger partial charge >= 0.3 is 0 Å². The summed E-state index contributed by atoms with van der Waals surface area (Å²) in [5.41, 5.74) is 0.549. The summed E-state index contributed by atoms with van der Waals surface area (Å²) in [4.78, 5) is 12.8. The van der Waals surface area contributed by atoms with Crippen molar-refractivity contribution < 1.29 is 19.0 Å². The Labute approximate surface area is 151 Å². The number of carbonyl (C=O) groups excluding carboxylic acids is 1. The summed E-state index contributed by atoms with van der Waals surface area (Å²) < 4.78 is 17.1. The fourth-order valence-electron chi connectivity index (χ4n) is 3.30. The fourth-order valence-corrected chi connectivity index (χ4v) is 3.30. The van der Waals surface area contributed by atoms with E-state index in [1.54, 1.807) is 12.1 Å². The molecule has 25 heavy (non-hydrogen) atoms. The van der Waals surface area contributed by atoms with E-state index in [-0.39, 0.29) is 11.9 Å². The zero-order valence-corrected chi connectivity index (χ0v) is 15.9. The SMILES string of the molecule is CCOc1cc(C(=O)N[C@@H]2CCCC[C@@H]2C)cc(OCC)c1OCC. The van der Waals surface area contributed by atoms with E-state index in [0.717, 1.165) is 6.42 Å². The Balaban J connectivity index is 2.27. The van der Waals surface area contributed by atoms with Crippen LogP contribution in [0.2, 0.25) is 0 Å². The van der Waals surface area contributed by atoms with Crippen LogP contribution >= 0.6 is 0 Å². The highest BCUT2D eigenvalue weighted by atomic mass is 16.5. The van der Waals surface area contributed by atoms with Crippen molar-refractivity contribution >= 4 is 5.91 Å². The average molecular weight is 349 g/mol. The Morgan fingerprint density at radius 2 is 1.56 bits per heavy atom. The average Bonchev–Trinajstić information content (AvgIpc) is 2.60. The predicted molar refractivity (Wildman–Crippen MR) is 98.8 cm³/mol. The van der Waals surface area contributed by atoms with Gasteiger partial charge in [0.05, 0.1) is 19.8 Å². The van der Waals surface area contributed by atoms with Gasteiger partial charge in [-0.15, -0.1) is 0 Å². The lowest BCUT2D eigenvalue weighted by atomic mass is 9.86. The van der Waals surface area contributed by atoms with Gasteiger partial charge in [-0.3, -0.25) is 4.79 Å². The summed E-state index contributed by atoms with van der Waals surface area (Å²) >= 11 is 0. The molecule has 0 unspecified atom stereocenters. The third kappa shape index (κ3) is 5.03. The Morgan fingerprint density at radius 1 is 1.00 bits per heavy atom. The number of rotatable bonds is 8. The Hall–Kier alpha value is -1.91. The van der Waals surface area contributed by atoms with Crippen LogP contribution in [-0.2, 0) is 0 Å². The van der Waals surface area contributed by atoms with Crippen LogP contribution in [0, 0.1) is 5.92 Å². The maximum absolute atomic E-state index is 12.8. The van der Waals surface area contributed by atoms with Gasteiger partial charge in [0.2, 0.25) is 5.75 Å². The standard InChI is InChI=1S/C20H31NO4/c1-5-23-17-12-15(13-18(24-6-2)19(17)25-7-3)20(22)21-16-11-9-8-10-14(16)4/h12-14,16H,5-11H2,1-4H3,(H,21,22)/t14-,16+/m0/s1. The third-order valence-electron chi connectivity index (χ3n) is 4.60. The van der Waals surface area contributed by atoms with Gasteiger partial charge in [-0.1, -0.05) is 19.8 Å². The zero-order chi connectivity index (χ0) is 18.2. The first-order valence-electron chi connectivity index (χ1n) is 9.47. The predicted octanol–water partition coefficient (Wildman–Crippen LogP) is 4.19. The van der Waals surface area contributed by atoms with Crippen LogP contribution in [0.15, 0.2) is 12.1 Å². The van der Waals surface area contributed by atoms with Crippen molar-refractivity contribution in [3.8, 4) is 17.2 Å². The Morgan fingerprint density at radius 3 is 2.08 bits per heavy atom. The number of carbonyl (C=O) groups is 1. The molecule has 1 amide bonds. The highest BCUT2D eigenvalue weighted by molar-refractivity contribution is 5.95. The quantitative estimate of drug-likeness (QED) is 0.764. The van der Waals surface area contributed by atoms with E-state index in [0.29, 0.717) is 48.6 Å². The molecule has 1 aliphatic carbocycles. The molecule has 0 spiro atoms. The van der Waals surface area contributed by atoms with Crippen LogP contribution in [0.1, 0.15) is 63.7 Å². The van der Waals surface area contributed by atoms with E-state index in [2.05, 4.69) is 12.2 Å². The van der Waals surface area contributed by atoms with E-state index in [1.165, 1.54) is 19.3 Å². The van der Waals surface area contributed by atoms with Crippen LogP contribution in [-0.4, -0.2) is 31.8 Å². The van der Waals surface area contributed by atoms with Gasteiger partial charge in [-0.25, -0.2) is 0 Å². The topological polar surface area (TPSA) is 56.8 Å². The van der Waals surface area contributed by atoms with Crippen molar-refractivity contribution in [2.24, 2.45) is 5.92 Å². The molecule has 5 heteroatoms. The molecule has 5 nitrogen and oxygen atoms in total. The smallest absolute Gasteiger partial charge is 0.251 e. The highest BCUT2D eigenvalue weighted by Gasteiger charge is 2.25. The number of ether oxygens (including phenoxy) is 3. The minimum Gasteiger partial charge on any atom is -0.490 e. The summed E-state index contributed by atoms with van der Waals surface area (Å²) in [5.74, 6) is 2.10. The van der Waals surface area contributed by atoms with Crippen molar-refractivity contribution in [1.82, 2.24) is 5.32 Å². The number of amides is 1. The lowest BCUT2D eigenvalue weighted by Crippen LogP contribution is -2.41. The number of benzene rings is 1. The largest absolute Gasteiger partial charge is 0.490 e. The first-order chi connectivity index (χ1) is 12.1. The normalized spacial score (nSPS) is 20.0. The number of nitrogens with one attached hydrogen (secondary N) is 1. The molecule has 1 saturated carbocycles. The van der Waals surface area contributed by atoms with Gasteiger partial charge in [0.1, 0.15) is 0 Å². The van der Waals surface area contributed by atoms with Gasteiger partial charge < -0.3 is 19.5 Å². The minimum absolute atomic E-state index is 0.0799. The molecule has 0 aliphatic heterocycles. The van der Waals surface area contributed by atoms with Crippen molar-refractivity contribution in [1.29, 1.82) is 0 Å². The fraction of sp³-hybridized carbons (Fsp3) is 0.650. The monoisotopic (exact) mass is 349 g/mol. The molecule has 1 aliphatic rings. The molecule has 1 N–H and O–H groups in total. The number of hydrogen-bond acceptors (Lipinski definition) is 4. The Bertz CT molecular complexity index is 546. The molecule has 2 rings (SSSR count). The summed E-state index contributed by atoms with van der Waals surface area (Å²) in [5, 5.41) is 3.18. The lowest BCUT2D eigenvalue weighted by molar-refractivity contribution is 0.0909. The molecule has 0 aromatic heterocycles. The summed E-state index contributed by atoms with van der Waals surface area (Å²) in [6.45, 7) is 9.44. The molecule has 0 radical (unpaired) electrons. The molecular weight excluding hydrogens is 318 g/mol. The molecule has 0 saturated heterocycles. The van der Waals surface area contributed by atoms with E-state index in [9.17, 15) is 4.79 Å². The zero-order valence-electron chi connectivity index (χ0n) is 15.9. The molecule has 1 aromatic rings. The summed E-state index contributed by atoms with van der Waals surface area (Å²) in [6, 6.07) is 3.73. The van der Waals surface area contributed by atoms with Gasteiger partial charge in [0.15, 0.2) is 11.5 Å². The van der Waals surface area contributed by atoms with E-state index < -0.39 is 0 Å². The Kier molecular flexibility index (Phi) is 7.41. The molecule has 140 valence electrons. The molecule has 2 atom stereocenters. The van der Waals surface area contributed by atoms with Crippen LogP contribution in [0.25, 0.3) is 0 Å². The van der Waals surface area contributed by atoms with Crippen molar-refractivity contribution in [2.45, 2.75) is 59.4 Å². The minimum atomic E-state index is -0.0799. The van der Waals surface area contributed by atoms with E-state index in [4.69, 9.17) is 14.2 Å². The van der Waals surface area contributed by atoms with Crippen molar-refractivity contribution in [3.63, 3.8) is 0 Å². The molecule has 1 fully saturated rings. The summed E-state index contributed by atoms with van der Waals surface area (Å²) in [6.07, 6.45) is 4.63. The maximum Gasteiger partial charge on any atom is 0.251 e. The van der Waals surface area contributed by atoms with Gasteiger partial charge in [0, 0.05) is 11.6 Å². The maximum atomic E-state index is 12.8. The van der Waals surface area contributed by atoms with E-state index >= 15 is 0 Å². The second-order valence-corrected chi connectivity index (χ2v) is 6.44. The van der Waals surface area contributed by atoms with Gasteiger partial charge in [-0.2, -0.15) is 0 Å². The van der Waals surface area contributed by atoms with Crippen LogP contribution < -0.4 is 19.5 Å². The third-order valence-corrected chi connectivity index (χ3v) is 4.60. The molecule has 0 heterocycles. The van der Waals surface area contributed by atoms with Crippen LogP contribution in [0.5, 0.6) is 17.2 Å². The van der Waals surface area contributed by atoms with Gasteiger partial charge in [0.25, 0.3) is 5.91 Å². The molecular formula is C20H31NO4. The first-order valence-corrected chi connectivity index (χ1v) is 9.47. The van der Waals surface area contributed by atoms with E-state index in [1.807, 2.05) is 20.8 Å². The van der Waals surface area contributed by atoms with Gasteiger partial charge in [-0.05, 0) is 51.7 Å². The lowest BCUT2D eigenvalue weighted by Gasteiger charge is -2.29. The first kappa shape index (κ1) is 19.4. The molecule has 0 bridgehead atoms. The highest BCUT2D eigenvalue weighted by Crippen LogP contribution is 2.39.